The van der Waals surface area contributed by atoms with E-state index in [-0.39, 0.29) is 0 Å². The molecule has 106 valence electrons. The number of benzene rings is 2. The zero-order valence-electron chi connectivity index (χ0n) is 11.3. The summed E-state index contributed by atoms with van der Waals surface area (Å²) < 4.78 is 26.3. The third kappa shape index (κ3) is 3.61. The number of hydrogen-bond donors (Lipinski definition) is 1. The quantitative estimate of drug-likeness (QED) is 0.905. The van der Waals surface area contributed by atoms with Crippen molar-refractivity contribution in [3.63, 3.8) is 0 Å². The van der Waals surface area contributed by atoms with Crippen LogP contribution in [0.25, 0.3) is 0 Å². The molecule has 0 heterocycles. The Kier molecular flexibility index (Phi) is 4.45. The van der Waals surface area contributed by atoms with Crippen LogP contribution in [0.2, 0.25) is 5.02 Å². The lowest BCUT2D eigenvalue weighted by Gasteiger charge is -2.19. The van der Waals surface area contributed by atoms with E-state index in [1.165, 1.54) is 12.1 Å². The first-order valence-electron chi connectivity index (χ1n) is 6.11. The van der Waals surface area contributed by atoms with E-state index in [9.17, 15) is 8.78 Å². The van der Waals surface area contributed by atoms with Gasteiger partial charge in [0.2, 0.25) is 0 Å². The Labute approximate surface area is 122 Å². The highest BCUT2D eigenvalue weighted by Gasteiger charge is 2.06. The Balaban J connectivity index is 2.20. The molecule has 0 aliphatic rings. The van der Waals surface area contributed by atoms with Crippen molar-refractivity contribution in [3.8, 4) is 0 Å². The van der Waals surface area contributed by atoms with Crippen LogP contribution in [-0.2, 0) is 6.54 Å². The van der Waals surface area contributed by atoms with E-state index >= 15 is 0 Å². The second-order valence-electron chi connectivity index (χ2n) is 4.69. The summed E-state index contributed by atoms with van der Waals surface area (Å²) in [6, 6.07) is 8.92. The van der Waals surface area contributed by atoms with Crippen molar-refractivity contribution in [2.45, 2.75) is 6.54 Å². The van der Waals surface area contributed by atoms with Gasteiger partial charge in [-0.2, -0.15) is 0 Å². The molecule has 0 aliphatic heterocycles. The monoisotopic (exact) mass is 296 g/mol. The highest BCUT2D eigenvalue weighted by Crippen LogP contribution is 2.28. The first kappa shape index (κ1) is 14.6. The molecule has 2 nitrogen and oxygen atoms in total. The maximum atomic E-state index is 13.1. The Hall–Kier alpha value is -1.81. The smallest absolute Gasteiger partial charge is 0.126 e. The maximum absolute atomic E-state index is 13.1. The van der Waals surface area contributed by atoms with E-state index in [0.29, 0.717) is 17.1 Å². The Morgan fingerprint density at radius 3 is 2.30 bits per heavy atom. The van der Waals surface area contributed by atoms with Gasteiger partial charge in [0.05, 0.1) is 11.4 Å². The predicted molar refractivity (Wildman–Crippen MR) is 79.5 cm³/mol. The van der Waals surface area contributed by atoms with Crippen molar-refractivity contribution in [2.75, 3.05) is 24.3 Å². The van der Waals surface area contributed by atoms with Crippen molar-refractivity contribution >= 4 is 23.0 Å². The molecule has 2 rings (SSSR count). The maximum Gasteiger partial charge on any atom is 0.126 e. The van der Waals surface area contributed by atoms with E-state index < -0.39 is 11.6 Å². The summed E-state index contributed by atoms with van der Waals surface area (Å²) in [6.45, 7) is 0.315. The van der Waals surface area contributed by atoms with Crippen molar-refractivity contribution in [1.29, 1.82) is 0 Å². The summed E-state index contributed by atoms with van der Waals surface area (Å²) in [7, 11) is 3.83. The second kappa shape index (κ2) is 6.09. The van der Waals surface area contributed by atoms with Gasteiger partial charge >= 0.3 is 0 Å². The number of halogens is 3. The van der Waals surface area contributed by atoms with E-state index in [1.54, 1.807) is 12.1 Å². The second-order valence-corrected chi connectivity index (χ2v) is 5.12. The highest BCUT2D eigenvalue weighted by atomic mass is 35.5. The van der Waals surface area contributed by atoms with E-state index in [4.69, 9.17) is 11.6 Å². The molecule has 2 aromatic carbocycles. The zero-order valence-corrected chi connectivity index (χ0v) is 12.0. The van der Waals surface area contributed by atoms with E-state index in [2.05, 4.69) is 5.32 Å². The first-order chi connectivity index (χ1) is 9.45. The third-order valence-corrected chi connectivity index (χ3v) is 3.08. The molecule has 0 radical (unpaired) electrons. The molecular formula is C15H15ClF2N2. The van der Waals surface area contributed by atoms with Crippen LogP contribution in [0.4, 0.5) is 20.2 Å². The molecule has 5 heteroatoms. The van der Waals surface area contributed by atoms with Gasteiger partial charge in [-0.1, -0.05) is 11.6 Å². The molecule has 0 aromatic heterocycles. The van der Waals surface area contributed by atoms with Crippen LogP contribution < -0.4 is 10.2 Å². The van der Waals surface area contributed by atoms with Gasteiger partial charge in [-0.05, 0) is 35.9 Å². The van der Waals surface area contributed by atoms with Gasteiger partial charge in [0.15, 0.2) is 0 Å². The van der Waals surface area contributed by atoms with Crippen LogP contribution in [-0.4, -0.2) is 14.1 Å². The lowest BCUT2D eigenvalue weighted by Crippen LogP contribution is -2.12. The lowest BCUT2D eigenvalue weighted by molar-refractivity contribution is 0.580. The molecule has 20 heavy (non-hydrogen) atoms. The zero-order chi connectivity index (χ0) is 14.7. The van der Waals surface area contributed by atoms with E-state index in [1.807, 2.05) is 25.1 Å². The summed E-state index contributed by atoms with van der Waals surface area (Å²) in [6.07, 6.45) is 0. The van der Waals surface area contributed by atoms with Crippen LogP contribution in [0.1, 0.15) is 5.56 Å². The summed E-state index contributed by atoms with van der Waals surface area (Å²) >= 11 is 5.98. The Morgan fingerprint density at radius 1 is 1.05 bits per heavy atom. The number of rotatable bonds is 4. The van der Waals surface area contributed by atoms with Gasteiger partial charge in [0, 0.05) is 31.7 Å². The summed E-state index contributed by atoms with van der Waals surface area (Å²) in [5.41, 5.74) is 2.30. The normalized spacial score (nSPS) is 10.4. The molecule has 2 aromatic rings. The van der Waals surface area contributed by atoms with Gasteiger partial charge in [-0.3, -0.25) is 0 Å². The molecular weight excluding hydrogens is 282 g/mol. The van der Waals surface area contributed by atoms with Crippen molar-refractivity contribution < 1.29 is 8.78 Å². The molecule has 0 spiro atoms. The van der Waals surface area contributed by atoms with Crippen LogP contribution >= 0.6 is 11.6 Å². The fourth-order valence-electron chi connectivity index (χ4n) is 1.95. The number of anilines is 2. The van der Waals surface area contributed by atoms with Crippen LogP contribution in [0.3, 0.4) is 0 Å². The lowest BCUT2D eigenvalue weighted by atomic mass is 10.2. The van der Waals surface area contributed by atoms with Gasteiger partial charge in [0.25, 0.3) is 0 Å². The molecule has 0 saturated heterocycles. The molecule has 1 N–H and O–H groups in total. The number of nitrogens with zero attached hydrogens (tertiary/aromatic N) is 1. The predicted octanol–water partition coefficient (Wildman–Crippen LogP) is 4.30. The fourth-order valence-corrected chi connectivity index (χ4v) is 2.12. The average molecular weight is 297 g/mol. The minimum Gasteiger partial charge on any atom is -0.379 e. The average Bonchev–Trinajstić information content (AvgIpc) is 2.35. The minimum atomic E-state index is -0.583. The summed E-state index contributed by atoms with van der Waals surface area (Å²) in [5, 5.41) is 3.75. The van der Waals surface area contributed by atoms with Crippen LogP contribution in [0.5, 0.6) is 0 Å². The molecule has 0 saturated carbocycles. The topological polar surface area (TPSA) is 15.3 Å². The van der Waals surface area contributed by atoms with Crippen molar-refractivity contribution in [1.82, 2.24) is 0 Å². The number of nitrogens with one attached hydrogen (secondary N) is 1. The van der Waals surface area contributed by atoms with Crippen molar-refractivity contribution in [3.05, 3.63) is 58.6 Å². The van der Waals surface area contributed by atoms with Gasteiger partial charge in [-0.25, -0.2) is 8.78 Å². The van der Waals surface area contributed by atoms with Gasteiger partial charge < -0.3 is 10.2 Å². The minimum absolute atomic E-state index is 0.315. The first-order valence-corrected chi connectivity index (χ1v) is 6.49. The fraction of sp³-hybridized carbons (Fsp3) is 0.200. The Morgan fingerprint density at radius 2 is 1.70 bits per heavy atom. The molecule has 0 aliphatic carbocycles. The third-order valence-electron chi connectivity index (χ3n) is 2.85. The van der Waals surface area contributed by atoms with Gasteiger partial charge in [0.1, 0.15) is 11.6 Å². The molecule has 0 unspecified atom stereocenters. The van der Waals surface area contributed by atoms with Crippen molar-refractivity contribution in [2.24, 2.45) is 0 Å². The molecule has 0 amide bonds. The number of hydrogen-bond acceptors (Lipinski definition) is 2. The standard InChI is InChI=1S/C15H15ClF2N2/c1-20(2)15-4-3-11(16)7-14(15)19-9-10-5-12(17)8-13(18)6-10/h3-8,19H,9H2,1-2H3. The van der Waals surface area contributed by atoms with E-state index in [0.717, 1.165) is 17.4 Å². The Bertz CT molecular complexity index is 595. The molecule has 0 fully saturated rings. The molecule has 0 bridgehead atoms. The largest absolute Gasteiger partial charge is 0.379 e. The molecule has 0 atom stereocenters. The SMILES string of the molecule is CN(C)c1ccc(Cl)cc1NCc1cc(F)cc(F)c1. The van der Waals surface area contributed by atoms with Crippen LogP contribution in [0, 0.1) is 11.6 Å². The summed E-state index contributed by atoms with van der Waals surface area (Å²) in [5.74, 6) is -1.17. The summed E-state index contributed by atoms with van der Waals surface area (Å²) in [4.78, 5) is 1.94. The van der Waals surface area contributed by atoms with Crippen LogP contribution in [0.15, 0.2) is 36.4 Å². The van der Waals surface area contributed by atoms with Gasteiger partial charge in [-0.15, -0.1) is 0 Å². The highest BCUT2D eigenvalue weighted by molar-refractivity contribution is 6.31.